The van der Waals surface area contributed by atoms with Crippen molar-refractivity contribution in [2.75, 3.05) is 69.8 Å². The number of hydroxylamine groups is 4. The van der Waals surface area contributed by atoms with Crippen molar-refractivity contribution in [1.29, 1.82) is 0 Å². The zero-order chi connectivity index (χ0) is 29.4. The third-order valence-corrected chi connectivity index (χ3v) is 2.63. The average Bonchev–Trinajstić information content (AvgIpc) is 2.75. The van der Waals surface area contributed by atoms with Crippen LogP contribution in [-0.4, -0.2) is 93.7 Å². The average molecular weight is 521 g/mol. The Balaban J connectivity index is -0.000000190. The molecule has 0 fully saturated rings. The van der Waals surface area contributed by atoms with Crippen LogP contribution in [0.4, 0.5) is 0 Å². The molecule has 12 nitrogen and oxygen atoms in total. The fourth-order valence-corrected chi connectivity index (χ4v) is 1.12. The van der Waals surface area contributed by atoms with Gasteiger partial charge in [0.1, 0.15) is 28.2 Å². The molecule has 208 valence electrons. The SMILES string of the molecule is C=C(C)C(=O)OC[NH+](C)C.C=C(C)C(=O)O[NH+](C)C.C=CC(=O)OC[NH+](C)C.C=CC(=O)O[NH+](C)C. The molecule has 0 aromatic rings. The second-order valence-electron chi connectivity index (χ2n) is 8.19. The summed E-state index contributed by atoms with van der Waals surface area (Å²) >= 11 is 0. The molecule has 0 aromatic heterocycles. The number of carbonyl (C=O) groups excluding carboxylic acids is 4. The van der Waals surface area contributed by atoms with E-state index in [0.29, 0.717) is 34.7 Å². The highest BCUT2D eigenvalue weighted by Crippen LogP contribution is 1.88. The highest BCUT2D eigenvalue weighted by molar-refractivity contribution is 5.87. The molecule has 0 unspecified atom stereocenters. The van der Waals surface area contributed by atoms with Gasteiger partial charge in [-0.3, -0.25) is 9.68 Å². The Kier molecular flexibility index (Phi) is 27.5. The van der Waals surface area contributed by atoms with E-state index in [-0.39, 0.29) is 17.9 Å². The summed E-state index contributed by atoms with van der Waals surface area (Å²) in [6, 6.07) is 0. The minimum Gasteiger partial charge on any atom is -0.412 e. The molecule has 0 aromatic carbocycles. The van der Waals surface area contributed by atoms with Crippen LogP contribution in [0.15, 0.2) is 49.6 Å². The Bertz CT molecular complexity index is 715. The van der Waals surface area contributed by atoms with Crippen molar-refractivity contribution >= 4 is 23.9 Å². The van der Waals surface area contributed by atoms with E-state index in [9.17, 15) is 19.2 Å². The molecule has 12 heteroatoms. The first-order valence-electron chi connectivity index (χ1n) is 10.9. The van der Waals surface area contributed by atoms with Gasteiger partial charge in [-0.2, -0.15) is 0 Å². The molecule has 0 aliphatic heterocycles. The highest BCUT2D eigenvalue weighted by atomic mass is 16.7. The van der Waals surface area contributed by atoms with E-state index in [1.807, 2.05) is 28.2 Å². The fourth-order valence-electron chi connectivity index (χ4n) is 1.12. The van der Waals surface area contributed by atoms with Crippen molar-refractivity contribution in [1.82, 2.24) is 0 Å². The van der Waals surface area contributed by atoms with E-state index in [0.717, 1.165) is 22.0 Å². The highest BCUT2D eigenvalue weighted by Gasteiger charge is 2.06. The molecule has 0 spiro atoms. The lowest BCUT2D eigenvalue weighted by Crippen LogP contribution is -3.06. The van der Waals surface area contributed by atoms with Crippen LogP contribution in [-0.2, 0) is 38.3 Å². The quantitative estimate of drug-likeness (QED) is 0.0755. The molecule has 0 atom stereocenters. The molecule has 0 saturated heterocycles. The van der Waals surface area contributed by atoms with E-state index < -0.39 is 5.97 Å². The monoisotopic (exact) mass is 520 g/mol. The minimum atomic E-state index is -0.398. The Morgan fingerprint density at radius 1 is 0.611 bits per heavy atom. The van der Waals surface area contributed by atoms with Crippen LogP contribution in [0.5, 0.6) is 0 Å². The van der Waals surface area contributed by atoms with E-state index in [2.05, 4.69) is 40.7 Å². The van der Waals surface area contributed by atoms with Crippen molar-refractivity contribution in [2.45, 2.75) is 13.8 Å². The van der Waals surface area contributed by atoms with Crippen LogP contribution in [0.2, 0.25) is 0 Å². The molecular formula is C24H48N4O8+4. The number of carbonyl (C=O) groups is 4. The summed E-state index contributed by atoms with van der Waals surface area (Å²) in [4.78, 5) is 53.3. The number of quaternary nitrogens is 4. The molecule has 0 saturated carbocycles. The van der Waals surface area contributed by atoms with E-state index in [4.69, 9.17) is 4.74 Å². The van der Waals surface area contributed by atoms with Gasteiger partial charge < -0.3 is 19.3 Å². The van der Waals surface area contributed by atoms with Crippen LogP contribution >= 0.6 is 0 Å². The maximum atomic E-state index is 10.7. The molecular weight excluding hydrogens is 472 g/mol. The molecule has 0 aliphatic carbocycles. The summed E-state index contributed by atoms with van der Waals surface area (Å²) in [6.07, 6.45) is 2.29. The lowest BCUT2D eigenvalue weighted by molar-refractivity contribution is -1.04. The molecule has 0 heterocycles. The van der Waals surface area contributed by atoms with Gasteiger partial charge in [0, 0.05) is 23.3 Å². The molecule has 36 heavy (non-hydrogen) atoms. The largest absolute Gasteiger partial charge is 0.412 e. The number of rotatable bonds is 10. The van der Waals surface area contributed by atoms with Gasteiger partial charge in [-0.15, -0.1) is 10.1 Å². The third-order valence-electron chi connectivity index (χ3n) is 2.63. The first-order chi connectivity index (χ1) is 16.4. The van der Waals surface area contributed by atoms with Crippen molar-refractivity contribution in [3.8, 4) is 0 Å². The van der Waals surface area contributed by atoms with Gasteiger partial charge in [0.05, 0.1) is 28.2 Å². The topological polar surface area (TPSA) is 123 Å². The lowest BCUT2D eigenvalue weighted by Gasteiger charge is -2.06. The van der Waals surface area contributed by atoms with Gasteiger partial charge in [-0.25, -0.2) is 19.2 Å². The second-order valence-corrected chi connectivity index (χ2v) is 8.19. The summed E-state index contributed by atoms with van der Waals surface area (Å²) < 4.78 is 9.45. The van der Waals surface area contributed by atoms with Gasteiger partial charge in [-0.05, 0) is 13.8 Å². The van der Waals surface area contributed by atoms with E-state index in [1.165, 1.54) is 0 Å². The molecule has 0 amide bonds. The molecule has 4 N–H and O–H groups in total. The Labute approximate surface area is 215 Å². The summed E-state index contributed by atoms with van der Waals surface area (Å²) in [5.74, 6) is -1.43. The Hall–Kier alpha value is -3.32. The predicted molar refractivity (Wildman–Crippen MR) is 135 cm³/mol. The lowest BCUT2D eigenvalue weighted by atomic mass is 10.4. The standard InChI is InChI=1S/C7H13NO2.2C6H11NO2.C5H9NO2/c1-6(2)7(9)10-5-8(3)4;1-5(2)6(8)9-7(3)4;1-4-6(8)9-5-7(2)3;1-4-5(7)8-6(2)3/h1,5H2,2-4H3;1H2,2-4H3;4H,1,5H2,2-3H3;4H,1H2,2-3H3/p+4. The van der Waals surface area contributed by atoms with Crippen LogP contribution < -0.4 is 19.9 Å². The smallest absolute Gasteiger partial charge is 0.392 e. The van der Waals surface area contributed by atoms with Crippen LogP contribution in [0.3, 0.4) is 0 Å². The zero-order valence-corrected chi connectivity index (χ0v) is 23.7. The van der Waals surface area contributed by atoms with Crippen LogP contribution in [0, 0.1) is 0 Å². The summed E-state index contributed by atoms with van der Waals surface area (Å²) in [5, 5.41) is 1.28. The van der Waals surface area contributed by atoms with Gasteiger partial charge in [0.2, 0.25) is 13.5 Å². The zero-order valence-electron chi connectivity index (χ0n) is 23.7. The molecule has 0 rings (SSSR count). The summed E-state index contributed by atoms with van der Waals surface area (Å²) in [5.41, 5.74) is 0.873. The van der Waals surface area contributed by atoms with Crippen molar-refractivity contribution in [2.24, 2.45) is 0 Å². The van der Waals surface area contributed by atoms with Crippen LogP contribution in [0.25, 0.3) is 0 Å². The third kappa shape index (κ3) is 38.0. The Morgan fingerprint density at radius 3 is 1.19 bits per heavy atom. The number of esters is 2. The summed E-state index contributed by atoms with van der Waals surface area (Å²) in [7, 11) is 14.5. The Morgan fingerprint density at radius 2 is 0.972 bits per heavy atom. The predicted octanol–water partition coefficient (Wildman–Crippen LogP) is -4.03. The molecule has 0 bridgehead atoms. The van der Waals surface area contributed by atoms with Gasteiger partial charge in [0.25, 0.3) is 0 Å². The molecule has 0 radical (unpaired) electrons. The van der Waals surface area contributed by atoms with Gasteiger partial charge in [-0.1, -0.05) is 26.3 Å². The maximum Gasteiger partial charge on any atom is 0.392 e. The van der Waals surface area contributed by atoms with Crippen molar-refractivity contribution in [3.63, 3.8) is 0 Å². The van der Waals surface area contributed by atoms with E-state index in [1.54, 1.807) is 42.0 Å². The first kappa shape index (κ1) is 39.9. The van der Waals surface area contributed by atoms with Crippen LogP contribution in [0.1, 0.15) is 13.8 Å². The number of ether oxygens (including phenoxy) is 2. The molecule has 0 aliphatic rings. The normalized spacial score (nSPS) is 9.28. The fraction of sp³-hybridized carbons (Fsp3) is 0.500. The van der Waals surface area contributed by atoms with E-state index >= 15 is 0 Å². The number of hydrogen-bond donors (Lipinski definition) is 4. The summed E-state index contributed by atoms with van der Waals surface area (Å²) in [6.45, 7) is 17.4. The van der Waals surface area contributed by atoms with Crippen molar-refractivity contribution in [3.05, 3.63) is 49.6 Å². The number of nitrogens with one attached hydrogen (secondary N) is 4. The van der Waals surface area contributed by atoms with Crippen molar-refractivity contribution < 1.29 is 58.3 Å². The first-order valence-corrected chi connectivity index (χ1v) is 10.9. The second kappa shape index (κ2) is 24.8. The van der Waals surface area contributed by atoms with Gasteiger partial charge >= 0.3 is 23.9 Å². The van der Waals surface area contributed by atoms with Gasteiger partial charge in [0.15, 0.2) is 0 Å². The minimum absolute atomic E-state index is 0.318. The number of hydrogen-bond acceptors (Lipinski definition) is 8. The maximum absolute atomic E-state index is 10.7.